The fourth-order valence-electron chi connectivity index (χ4n) is 1.91. The van der Waals surface area contributed by atoms with Crippen LogP contribution < -0.4 is 20.1 Å². The number of halogens is 2. The molecule has 0 fully saturated rings. The van der Waals surface area contributed by atoms with E-state index in [1.54, 1.807) is 30.3 Å². The molecule has 0 aliphatic carbocycles. The third kappa shape index (κ3) is 5.07. The first kappa shape index (κ1) is 19.5. The summed E-state index contributed by atoms with van der Waals surface area (Å²) in [6.07, 6.45) is 0. The Hall–Kier alpha value is -1.84. The van der Waals surface area contributed by atoms with Gasteiger partial charge < -0.3 is 19.9 Å². The van der Waals surface area contributed by atoms with Crippen LogP contribution >= 0.6 is 44.1 Å². The summed E-state index contributed by atoms with van der Waals surface area (Å²) in [5.74, 6) is 0.653. The van der Waals surface area contributed by atoms with E-state index in [-0.39, 0.29) is 10.9 Å². The van der Waals surface area contributed by atoms with Crippen LogP contribution in [0.4, 0.5) is 5.69 Å². The number of carbonyl (C=O) groups excluding carboxylic acids is 1. The number of anilines is 1. The summed E-state index contributed by atoms with van der Waals surface area (Å²) in [5, 5.41) is 15.3. The lowest BCUT2D eigenvalue weighted by Gasteiger charge is -2.12. The predicted molar refractivity (Wildman–Crippen MR) is 107 cm³/mol. The number of hydrogen-bond donors (Lipinski definition) is 3. The van der Waals surface area contributed by atoms with Gasteiger partial charge in [0.2, 0.25) is 0 Å². The topological polar surface area (TPSA) is 79.8 Å². The standard InChI is InChI=1S/C16H14Br2N2O4S/c1-23-10-3-8(4-11(7-10)24-2)15(22)20-16(25)19-9-5-12(17)14(21)13(18)6-9/h3-7,21H,1-2H3,(H2,19,20,22,25). The Balaban J connectivity index is 2.11. The molecule has 25 heavy (non-hydrogen) atoms. The van der Waals surface area contributed by atoms with Crippen molar-refractivity contribution in [2.75, 3.05) is 19.5 Å². The molecular weight excluding hydrogens is 476 g/mol. The van der Waals surface area contributed by atoms with E-state index >= 15 is 0 Å². The fraction of sp³-hybridized carbons (Fsp3) is 0.125. The summed E-state index contributed by atoms with van der Waals surface area (Å²) in [6, 6.07) is 8.08. The predicted octanol–water partition coefficient (Wildman–Crippen LogP) is 4.06. The summed E-state index contributed by atoms with van der Waals surface area (Å²) in [4.78, 5) is 12.4. The average molecular weight is 490 g/mol. The Bertz CT molecular complexity index is 785. The van der Waals surface area contributed by atoms with Gasteiger partial charge >= 0.3 is 0 Å². The number of phenolic OH excluding ortho intramolecular Hbond substituents is 1. The minimum absolute atomic E-state index is 0.0731. The van der Waals surface area contributed by atoms with Crippen molar-refractivity contribution in [3.63, 3.8) is 0 Å². The van der Waals surface area contributed by atoms with Crippen LogP contribution in [0.25, 0.3) is 0 Å². The zero-order chi connectivity index (χ0) is 18.6. The SMILES string of the molecule is COc1cc(OC)cc(C(=O)NC(=S)Nc2cc(Br)c(O)c(Br)c2)c1. The molecule has 3 N–H and O–H groups in total. The lowest BCUT2D eigenvalue weighted by molar-refractivity contribution is 0.0977. The molecule has 1 amide bonds. The highest BCUT2D eigenvalue weighted by Crippen LogP contribution is 2.35. The van der Waals surface area contributed by atoms with Crippen LogP contribution in [-0.4, -0.2) is 30.3 Å². The highest BCUT2D eigenvalue weighted by Gasteiger charge is 2.13. The average Bonchev–Trinajstić information content (AvgIpc) is 2.58. The van der Waals surface area contributed by atoms with Gasteiger partial charge in [0.25, 0.3) is 5.91 Å². The molecule has 6 nitrogen and oxygen atoms in total. The summed E-state index contributed by atoms with van der Waals surface area (Å²) in [6.45, 7) is 0. The molecule has 0 aromatic heterocycles. The number of hydrogen-bond acceptors (Lipinski definition) is 5. The number of ether oxygens (including phenoxy) is 2. The van der Waals surface area contributed by atoms with Crippen LogP contribution in [0.15, 0.2) is 39.3 Å². The maximum atomic E-state index is 12.4. The number of rotatable bonds is 4. The first-order valence-corrected chi connectivity index (χ1v) is 8.87. The Morgan fingerprint density at radius 2 is 1.56 bits per heavy atom. The third-order valence-electron chi connectivity index (χ3n) is 3.12. The van der Waals surface area contributed by atoms with E-state index < -0.39 is 5.91 Å². The fourth-order valence-corrected chi connectivity index (χ4v) is 3.31. The number of carbonyl (C=O) groups is 1. The molecule has 2 aromatic rings. The van der Waals surface area contributed by atoms with E-state index in [9.17, 15) is 9.90 Å². The van der Waals surface area contributed by atoms with Crippen LogP contribution in [0.1, 0.15) is 10.4 Å². The smallest absolute Gasteiger partial charge is 0.257 e. The molecule has 0 bridgehead atoms. The molecule has 0 saturated carbocycles. The molecule has 132 valence electrons. The van der Waals surface area contributed by atoms with Gasteiger partial charge in [0, 0.05) is 17.3 Å². The first-order valence-electron chi connectivity index (χ1n) is 6.87. The van der Waals surface area contributed by atoms with E-state index in [1.165, 1.54) is 14.2 Å². The molecule has 0 radical (unpaired) electrons. The number of thiocarbonyl (C=S) groups is 1. The Morgan fingerprint density at radius 3 is 2.04 bits per heavy atom. The second kappa shape index (κ2) is 8.50. The lowest BCUT2D eigenvalue weighted by Crippen LogP contribution is -2.34. The molecule has 2 rings (SSSR count). The third-order valence-corrected chi connectivity index (χ3v) is 4.53. The second-order valence-electron chi connectivity index (χ2n) is 4.80. The van der Waals surface area contributed by atoms with Crippen molar-refractivity contribution in [2.24, 2.45) is 0 Å². The highest BCUT2D eigenvalue weighted by molar-refractivity contribution is 9.11. The Labute approximate surface area is 166 Å². The van der Waals surface area contributed by atoms with Crippen LogP contribution in [0.5, 0.6) is 17.2 Å². The lowest BCUT2D eigenvalue weighted by atomic mass is 10.2. The van der Waals surface area contributed by atoms with Crippen molar-refractivity contribution in [3.05, 3.63) is 44.8 Å². The second-order valence-corrected chi connectivity index (χ2v) is 6.92. The van der Waals surface area contributed by atoms with Crippen molar-refractivity contribution in [3.8, 4) is 17.2 Å². The van der Waals surface area contributed by atoms with E-state index in [4.69, 9.17) is 21.7 Å². The zero-order valence-corrected chi connectivity index (χ0v) is 17.2. The molecule has 0 aliphatic rings. The quantitative estimate of drug-likeness (QED) is 0.444. The minimum atomic E-state index is -0.411. The van der Waals surface area contributed by atoms with Crippen molar-refractivity contribution in [2.45, 2.75) is 0 Å². The number of phenols is 1. The molecule has 0 atom stereocenters. The number of methoxy groups -OCH3 is 2. The Kier molecular flexibility index (Phi) is 6.63. The van der Waals surface area contributed by atoms with Crippen molar-refractivity contribution < 1.29 is 19.4 Å². The maximum absolute atomic E-state index is 12.4. The van der Waals surface area contributed by atoms with Gasteiger partial charge in [-0.05, 0) is 68.3 Å². The van der Waals surface area contributed by atoms with Crippen LogP contribution in [0.2, 0.25) is 0 Å². The van der Waals surface area contributed by atoms with Crippen LogP contribution in [0, 0.1) is 0 Å². The van der Waals surface area contributed by atoms with Gasteiger partial charge in [-0.25, -0.2) is 0 Å². The van der Waals surface area contributed by atoms with Crippen molar-refractivity contribution in [1.29, 1.82) is 0 Å². The summed E-state index contributed by atoms with van der Waals surface area (Å²) in [7, 11) is 3.01. The monoisotopic (exact) mass is 488 g/mol. The van der Waals surface area contributed by atoms with Gasteiger partial charge in [-0.1, -0.05) is 0 Å². The van der Waals surface area contributed by atoms with Crippen molar-refractivity contribution >= 4 is 60.8 Å². The van der Waals surface area contributed by atoms with Gasteiger partial charge in [-0.15, -0.1) is 0 Å². The van der Waals surface area contributed by atoms with E-state index in [0.717, 1.165) is 0 Å². The highest BCUT2D eigenvalue weighted by atomic mass is 79.9. The van der Waals surface area contributed by atoms with Gasteiger partial charge in [0.1, 0.15) is 17.2 Å². The molecule has 9 heteroatoms. The number of nitrogens with one attached hydrogen (secondary N) is 2. The van der Waals surface area contributed by atoms with E-state index in [0.29, 0.717) is 31.7 Å². The van der Waals surface area contributed by atoms with Crippen LogP contribution in [-0.2, 0) is 0 Å². The van der Waals surface area contributed by atoms with E-state index in [1.807, 2.05) is 0 Å². The summed E-state index contributed by atoms with van der Waals surface area (Å²) >= 11 is 11.6. The molecule has 0 spiro atoms. The van der Waals surface area contributed by atoms with Gasteiger partial charge in [-0.2, -0.15) is 0 Å². The first-order chi connectivity index (χ1) is 11.8. The molecule has 0 heterocycles. The largest absolute Gasteiger partial charge is 0.506 e. The van der Waals surface area contributed by atoms with E-state index in [2.05, 4.69) is 42.5 Å². The van der Waals surface area contributed by atoms with Crippen molar-refractivity contribution in [1.82, 2.24) is 5.32 Å². The normalized spacial score (nSPS) is 10.1. The number of aromatic hydroxyl groups is 1. The van der Waals surface area contributed by atoms with Gasteiger partial charge in [-0.3, -0.25) is 10.1 Å². The van der Waals surface area contributed by atoms with Gasteiger partial charge in [0.05, 0.1) is 23.2 Å². The summed E-state index contributed by atoms with van der Waals surface area (Å²) < 4.78 is 11.3. The van der Waals surface area contributed by atoms with Crippen LogP contribution in [0.3, 0.4) is 0 Å². The molecule has 0 unspecified atom stereocenters. The zero-order valence-electron chi connectivity index (χ0n) is 13.2. The number of benzene rings is 2. The Morgan fingerprint density at radius 1 is 1.04 bits per heavy atom. The molecule has 0 saturated heterocycles. The number of amides is 1. The molecule has 2 aromatic carbocycles. The maximum Gasteiger partial charge on any atom is 0.257 e. The minimum Gasteiger partial charge on any atom is -0.506 e. The summed E-state index contributed by atoms with van der Waals surface area (Å²) in [5.41, 5.74) is 0.929. The van der Waals surface area contributed by atoms with Gasteiger partial charge in [0.15, 0.2) is 5.11 Å². The molecular formula is C16H14Br2N2O4S. The molecule has 0 aliphatic heterocycles.